The number of hydrogen-bond donors (Lipinski definition) is 0. The lowest BCUT2D eigenvalue weighted by atomic mass is 10.0. The standard InChI is InChI=1S/C10H11BrF3NO2/c1-15(8(16)10(12,13)14)9(11)6-4-3-5-7(9)17-2/h3-7H,1-2H3. The van der Waals surface area contributed by atoms with E-state index in [0.29, 0.717) is 4.90 Å². The van der Waals surface area contributed by atoms with Gasteiger partial charge in [0.1, 0.15) is 10.6 Å². The minimum Gasteiger partial charge on any atom is -0.374 e. The molecule has 0 saturated carbocycles. The van der Waals surface area contributed by atoms with Crippen molar-refractivity contribution < 1.29 is 22.7 Å². The fraction of sp³-hybridized carbons (Fsp3) is 0.500. The lowest BCUT2D eigenvalue weighted by Gasteiger charge is -2.40. The Morgan fingerprint density at radius 2 is 2.06 bits per heavy atom. The Morgan fingerprint density at radius 3 is 2.53 bits per heavy atom. The Bertz CT molecular complexity index is 367. The van der Waals surface area contributed by atoms with Gasteiger partial charge >= 0.3 is 12.1 Å². The van der Waals surface area contributed by atoms with Crippen LogP contribution in [-0.2, 0) is 9.53 Å². The first-order chi connectivity index (χ1) is 7.73. The molecule has 1 rings (SSSR count). The van der Waals surface area contributed by atoms with Crippen LogP contribution in [0.3, 0.4) is 0 Å². The van der Waals surface area contributed by atoms with Crippen LogP contribution in [0.1, 0.15) is 0 Å². The van der Waals surface area contributed by atoms with Crippen molar-refractivity contribution in [3.8, 4) is 0 Å². The van der Waals surface area contributed by atoms with Crippen LogP contribution in [0.5, 0.6) is 0 Å². The van der Waals surface area contributed by atoms with Gasteiger partial charge < -0.3 is 9.64 Å². The van der Waals surface area contributed by atoms with E-state index in [4.69, 9.17) is 4.74 Å². The Hall–Kier alpha value is -0.820. The second-order valence-electron chi connectivity index (χ2n) is 3.49. The van der Waals surface area contributed by atoms with Crippen molar-refractivity contribution in [3.63, 3.8) is 0 Å². The maximum absolute atomic E-state index is 12.4. The molecule has 2 atom stereocenters. The summed E-state index contributed by atoms with van der Waals surface area (Å²) in [6, 6.07) is 0. The first-order valence-corrected chi connectivity index (χ1v) is 5.45. The summed E-state index contributed by atoms with van der Waals surface area (Å²) in [5.41, 5.74) is 0. The Kier molecular flexibility index (Phi) is 4.03. The fourth-order valence-electron chi connectivity index (χ4n) is 1.48. The van der Waals surface area contributed by atoms with Crippen LogP contribution >= 0.6 is 15.9 Å². The molecule has 0 N–H and O–H groups in total. The lowest BCUT2D eigenvalue weighted by molar-refractivity contribution is -0.187. The molecular formula is C10H11BrF3NO2. The zero-order valence-electron chi connectivity index (χ0n) is 9.16. The molecule has 0 spiro atoms. The second kappa shape index (κ2) is 4.81. The van der Waals surface area contributed by atoms with Gasteiger partial charge in [0.2, 0.25) is 0 Å². The number of rotatable bonds is 2. The number of nitrogens with zero attached hydrogens (tertiary/aromatic N) is 1. The van der Waals surface area contributed by atoms with Crippen LogP contribution in [0, 0.1) is 0 Å². The van der Waals surface area contributed by atoms with Gasteiger partial charge in [0.25, 0.3) is 0 Å². The van der Waals surface area contributed by atoms with E-state index in [0.717, 1.165) is 7.05 Å². The topological polar surface area (TPSA) is 29.5 Å². The summed E-state index contributed by atoms with van der Waals surface area (Å²) in [4.78, 5) is 11.8. The molecule has 0 aromatic heterocycles. The van der Waals surface area contributed by atoms with Crippen LogP contribution in [0.25, 0.3) is 0 Å². The quantitative estimate of drug-likeness (QED) is 0.578. The molecule has 0 aliphatic heterocycles. The third-order valence-electron chi connectivity index (χ3n) is 2.44. The Labute approximate surface area is 105 Å². The summed E-state index contributed by atoms with van der Waals surface area (Å²) in [6.45, 7) is 0. The molecule has 0 aromatic rings. The van der Waals surface area contributed by atoms with Gasteiger partial charge in [-0.25, -0.2) is 0 Å². The van der Waals surface area contributed by atoms with Crippen LogP contribution in [-0.4, -0.2) is 41.7 Å². The summed E-state index contributed by atoms with van der Waals surface area (Å²) < 4.78 is 40.8. The third kappa shape index (κ3) is 2.71. The van der Waals surface area contributed by atoms with Crippen molar-refractivity contribution in [2.24, 2.45) is 0 Å². The summed E-state index contributed by atoms with van der Waals surface area (Å²) in [6.07, 6.45) is 0.579. The van der Waals surface area contributed by atoms with Gasteiger partial charge in [-0.2, -0.15) is 13.2 Å². The highest BCUT2D eigenvalue weighted by atomic mass is 79.9. The summed E-state index contributed by atoms with van der Waals surface area (Å²) in [5.74, 6) is -1.93. The molecule has 96 valence electrons. The largest absolute Gasteiger partial charge is 0.471 e. The van der Waals surface area contributed by atoms with E-state index in [1.165, 1.54) is 13.2 Å². The number of carbonyl (C=O) groups is 1. The van der Waals surface area contributed by atoms with Crippen LogP contribution in [0.4, 0.5) is 13.2 Å². The molecule has 0 radical (unpaired) electrons. The number of hydrogen-bond acceptors (Lipinski definition) is 2. The van der Waals surface area contributed by atoms with E-state index in [-0.39, 0.29) is 0 Å². The molecule has 0 fully saturated rings. The molecule has 0 saturated heterocycles. The molecular weight excluding hydrogens is 303 g/mol. The number of allylic oxidation sites excluding steroid dienone is 2. The van der Waals surface area contributed by atoms with Crippen molar-refractivity contribution >= 4 is 21.8 Å². The molecule has 1 amide bonds. The Morgan fingerprint density at radius 1 is 1.47 bits per heavy atom. The number of likely N-dealkylation sites (N-methyl/N-ethyl adjacent to an activating group) is 1. The molecule has 0 bridgehead atoms. The maximum atomic E-state index is 12.4. The van der Waals surface area contributed by atoms with Crippen molar-refractivity contribution in [2.75, 3.05) is 14.2 Å². The normalized spacial score (nSPS) is 28.2. The molecule has 7 heteroatoms. The average molecular weight is 314 g/mol. The monoisotopic (exact) mass is 313 g/mol. The van der Waals surface area contributed by atoms with Gasteiger partial charge in [-0.05, 0) is 6.08 Å². The van der Waals surface area contributed by atoms with Gasteiger partial charge in [-0.15, -0.1) is 0 Å². The molecule has 17 heavy (non-hydrogen) atoms. The average Bonchev–Trinajstić information content (AvgIpc) is 2.26. The summed E-state index contributed by atoms with van der Waals surface area (Å²) >= 11 is 3.12. The van der Waals surface area contributed by atoms with E-state index < -0.39 is 22.6 Å². The van der Waals surface area contributed by atoms with E-state index in [9.17, 15) is 18.0 Å². The molecule has 0 heterocycles. The number of amides is 1. The smallest absolute Gasteiger partial charge is 0.374 e. The molecule has 1 aliphatic rings. The highest BCUT2D eigenvalue weighted by Gasteiger charge is 2.49. The van der Waals surface area contributed by atoms with Crippen molar-refractivity contribution in [1.82, 2.24) is 4.90 Å². The van der Waals surface area contributed by atoms with E-state index in [1.54, 1.807) is 18.2 Å². The van der Waals surface area contributed by atoms with E-state index in [2.05, 4.69) is 15.9 Å². The maximum Gasteiger partial charge on any atom is 0.471 e. The molecule has 0 aromatic carbocycles. The van der Waals surface area contributed by atoms with Gasteiger partial charge in [0, 0.05) is 14.2 Å². The highest BCUT2D eigenvalue weighted by Crippen LogP contribution is 2.35. The fourth-order valence-corrected chi connectivity index (χ4v) is 2.13. The predicted molar refractivity (Wildman–Crippen MR) is 59.6 cm³/mol. The summed E-state index contributed by atoms with van der Waals surface area (Å²) in [5, 5.41) is 0. The Balaban J connectivity index is 3.01. The van der Waals surface area contributed by atoms with Crippen molar-refractivity contribution in [3.05, 3.63) is 24.3 Å². The minimum atomic E-state index is -4.91. The van der Waals surface area contributed by atoms with E-state index in [1.807, 2.05) is 0 Å². The van der Waals surface area contributed by atoms with Crippen molar-refractivity contribution in [2.45, 2.75) is 16.7 Å². The number of halogens is 4. The number of carbonyl (C=O) groups excluding carboxylic acids is 1. The SMILES string of the molecule is COC1C=CC=CC1(Br)N(C)C(=O)C(F)(F)F. The molecule has 3 nitrogen and oxygen atoms in total. The second-order valence-corrected chi connectivity index (χ2v) is 4.76. The lowest BCUT2D eigenvalue weighted by Crippen LogP contribution is -2.55. The van der Waals surface area contributed by atoms with Crippen LogP contribution < -0.4 is 0 Å². The zero-order valence-corrected chi connectivity index (χ0v) is 10.7. The minimum absolute atomic E-state index is 0.571. The number of methoxy groups -OCH3 is 1. The first kappa shape index (κ1) is 14.2. The predicted octanol–water partition coefficient (Wildman–Crippen LogP) is 2.24. The molecule has 1 aliphatic carbocycles. The number of ether oxygens (including phenoxy) is 1. The van der Waals surface area contributed by atoms with Gasteiger partial charge in [0.05, 0.1) is 0 Å². The van der Waals surface area contributed by atoms with Gasteiger partial charge in [-0.3, -0.25) is 4.79 Å². The molecule has 2 unspecified atom stereocenters. The van der Waals surface area contributed by atoms with Gasteiger partial charge in [0.15, 0.2) is 0 Å². The highest BCUT2D eigenvalue weighted by molar-refractivity contribution is 9.10. The van der Waals surface area contributed by atoms with Crippen LogP contribution in [0.2, 0.25) is 0 Å². The number of alkyl halides is 4. The first-order valence-electron chi connectivity index (χ1n) is 4.66. The van der Waals surface area contributed by atoms with Crippen LogP contribution in [0.15, 0.2) is 24.3 Å². The zero-order chi connectivity index (χ0) is 13.3. The van der Waals surface area contributed by atoms with Crippen molar-refractivity contribution in [1.29, 1.82) is 0 Å². The van der Waals surface area contributed by atoms with E-state index >= 15 is 0 Å². The van der Waals surface area contributed by atoms with Gasteiger partial charge in [-0.1, -0.05) is 34.2 Å². The summed E-state index contributed by atoms with van der Waals surface area (Å²) in [7, 11) is 2.43. The third-order valence-corrected chi connectivity index (χ3v) is 3.69.